The van der Waals surface area contributed by atoms with Gasteiger partial charge in [-0.05, 0) is 54.7 Å². The molecule has 4 rings (SSSR count). The minimum absolute atomic E-state index is 0.112. The van der Waals surface area contributed by atoms with Crippen molar-refractivity contribution >= 4 is 11.6 Å². The predicted octanol–water partition coefficient (Wildman–Crippen LogP) is 2.91. The Morgan fingerprint density at radius 1 is 1.17 bits per heavy atom. The van der Waals surface area contributed by atoms with Gasteiger partial charge in [0.15, 0.2) is 5.96 Å². The van der Waals surface area contributed by atoms with Gasteiger partial charge < -0.3 is 20.3 Å². The average Bonchev–Trinajstić information content (AvgIpc) is 2.79. The number of benzene rings is 1. The molecule has 2 aliphatic heterocycles. The van der Waals surface area contributed by atoms with Gasteiger partial charge in [0.1, 0.15) is 5.75 Å². The lowest BCUT2D eigenvalue weighted by Gasteiger charge is -2.38. The van der Waals surface area contributed by atoms with E-state index in [4.69, 9.17) is 15.9 Å². The number of pyridine rings is 1. The van der Waals surface area contributed by atoms with Gasteiger partial charge in [0.2, 0.25) is 0 Å². The van der Waals surface area contributed by atoms with E-state index < -0.39 is 0 Å². The molecule has 0 aliphatic carbocycles. The number of hydrogen-bond donors (Lipinski definition) is 2. The summed E-state index contributed by atoms with van der Waals surface area (Å²) in [6.45, 7) is 3.70. The minimum atomic E-state index is -0.330. The SMILES string of the molecule is N#CC1(CCOc2ccc3c(c2)CN(C(=N)N)CC3)CCN(c2ccncc2)CC1. The van der Waals surface area contributed by atoms with Crippen molar-refractivity contribution in [1.29, 1.82) is 10.7 Å². The Morgan fingerprint density at radius 2 is 1.93 bits per heavy atom. The highest BCUT2D eigenvalue weighted by Crippen LogP contribution is 2.36. The molecule has 2 aromatic rings. The molecule has 0 radical (unpaired) electrons. The summed E-state index contributed by atoms with van der Waals surface area (Å²) < 4.78 is 6.03. The van der Waals surface area contributed by atoms with Crippen molar-refractivity contribution in [2.75, 3.05) is 31.1 Å². The van der Waals surface area contributed by atoms with Gasteiger partial charge in [-0.3, -0.25) is 10.4 Å². The predicted molar refractivity (Wildman–Crippen MR) is 116 cm³/mol. The lowest BCUT2D eigenvalue weighted by molar-refractivity contribution is 0.210. The first-order valence-corrected chi connectivity index (χ1v) is 10.5. The standard InChI is InChI=1S/C23H28N6O/c24-17-23(6-12-28(13-7-23)20-3-9-27-10-4-20)8-14-30-21-2-1-18-5-11-29(22(25)26)16-19(18)15-21/h1-4,9-10,15H,5-8,11-14,16H2,(H3,25,26). The first-order chi connectivity index (χ1) is 14.6. The fraction of sp³-hybridized carbons (Fsp3) is 0.435. The van der Waals surface area contributed by atoms with Crippen LogP contribution in [0, 0.1) is 22.2 Å². The van der Waals surface area contributed by atoms with E-state index in [0.29, 0.717) is 13.2 Å². The van der Waals surface area contributed by atoms with Gasteiger partial charge in [-0.15, -0.1) is 0 Å². The fourth-order valence-corrected chi connectivity index (χ4v) is 4.36. The molecular weight excluding hydrogens is 376 g/mol. The number of aromatic nitrogens is 1. The Balaban J connectivity index is 1.32. The average molecular weight is 405 g/mol. The van der Waals surface area contributed by atoms with Gasteiger partial charge >= 0.3 is 0 Å². The second-order valence-electron chi connectivity index (χ2n) is 8.17. The van der Waals surface area contributed by atoms with E-state index in [1.165, 1.54) is 11.3 Å². The van der Waals surface area contributed by atoms with Crippen LogP contribution < -0.4 is 15.4 Å². The number of rotatable bonds is 5. The number of nitrogens with two attached hydrogens (primary N) is 1. The summed E-state index contributed by atoms with van der Waals surface area (Å²) in [5.74, 6) is 0.933. The lowest BCUT2D eigenvalue weighted by Crippen LogP contribution is -2.40. The van der Waals surface area contributed by atoms with Crippen molar-refractivity contribution in [3.8, 4) is 11.8 Å². The summed E-state index contributed by atoms with van der Waals surface area (Å²) in [4.78, 5) is 8.27. The third-order valence-corrected chi connectivity index (χ3v) is 6.37. The first-order valence-electron chi connectivity index (χ1n) is 10.5. The zero-order chi connectivity index (χ0) is 21.0. The van der Waals surface area contributed by atoms with Crippen LogP contribution in [-0.2, 0) is 13.0 Å². The second kappa shape index (κ2) is 8.62. The van der Waals surface area contributed by atoms with E-state index in [9.17, 15) is 5.26 Å². The molecule has 1 aromatic heterocycles. The maximum atomic E-state index is 9.86. The Hall–Kier alpha value is -3.27. The van der Waals surface area contributed by atoms with E-state index >= 15 is 0 Å². The molecule has 0 saturated carbocycles. The highest BCUT2D eigenvalue weighted by molar-refractivity contribution is 5.75. The molecule has 30 heavy (non-hydrogen) atoms. The normalized spacial score (nSPS) is 17.7. The lowest BCUT2D eigenvalue weighted by atomic mass is 9.77. The van der Waals surface area contributed by atoms with Gasteiger partial charge in [-0.25, -0.2) is 0 Å². The highest BCUT2D eigenvalue weighted by Gasteiger charge is 2.34. The Kier molecular flexibility index (Phi) is 5.75. The molecule has 3 N–H and O–H groups in total. The molecule has 1 saturated heterocycles. The van der Waals surface area contributed by atoms with Crippen molar-refractivity contribution in [3.05, 3.63) is 53.9 Å². The Bertz CT molecular complexity index is 930. The number of fused-ring (bicyclic) bond motifs is 1. The smallest absolute Gasteiger partial charge is 0.188 e. The summed E-state index contributed by atoms with van der Waals surface area (Å²) in [5, 5.41) is 17.5. The second-order valence-corrected chi connectivity index (χ2v) is 8.17. The maximum absolute atomic E-state index is 9.86. The van der Waals surface area contributed by atoms with Crippen LogP contribution in [-0.4, -0.2) is 42.1 Å². The molecule has 0 atom stereocenters. The topological polar surface area (TPSA) is 102 Å². The molecular formula is C23H28N6O. The molecule has 156 valence electrons. The van der Waals surface area contributed by atoms with Crippen molar-refractivity contribution in [2.24, 2.45) is 11.1 Å². The van der Waals surface area contributed by atoms with Crippen LogP contribution in [0.2, 0.25) is 0 Å². The van der Waals surface area contributed by atoms with Crippen LogP contribution in [0.4, 0.5) is 5.69 Å². The summed E-state index contributed by atoms with van der Waals surface area (Å²) >= 11 is 0. The van der Waals surface area contributed by atoms with Gasteiger partial charge in [0.05, 0.1) is 18.1 Å². The van der Waals surface area contributed by atoms with Crippen LogP contribution >= 0.6 is 0 Å². The zero-order valence-corrected chi connectivity index (χ0v) is 17.2. The Morgan fingerprint density at radius 3 is 2.63 bits per heavy atom. The van der Waals surface area contributed by atoms with Gasteiger partial charge in [0.25, 0.3) is 0 Å². The molecule has 7 heteroatoms. The van der Waals surface area contributed by atoms with Crippen LogP contribution in [0.3, 0.4) is 0 Å². The number of nitriles is 1. The number of ether oxygens (including phenoxy) is 1. The molecule has 1 aromatic carbocycles. The van der Waals surface area contributed by atoms with E-state index in [0.717, 1.165) is 56.6 Å². The molecule has 1 fully saturated rings. The number of anilines is 1. The van der Waals surface area contributed by atoms with Gasteiger partial charge in [0, 0.05) is 50.7 Å². The van der Waals surface area contributed by atoms with E-state index in [1.807, 2.05) is 35.5 Å². The zero-order valence-electron chi connectivity index (χ0n) is 17.2. The fourth-order valence-electron chi connectivity index (χ4n) is 4.36. The number of nitrogens with one attached hydrogen (secondary N) is 1. The summed E-state index contributed by atoms with van der Waals surface area (Å²) in [6, 6.07) is 12.8. The number of guanidine groups is 1. The van der Waals surface area contributed by atoms with Crippen LogP contribution in [0.25, 0.3) is 0 Å². The van der Waals surface area contributed by atoms with Gasteiger partial charge in [-0.1, -0.05) is 6.07 Å². The summed E-state index contributed by atoms with van der Waals surface area (Å²) in [7, 11) is 0. The van der Waals surface area contributed by atoms with Gasteiger partial charge in [-0.2, -0.15) is 5.26 Å². The summed E-state index contributed by atoms with van der Waals surface area (Å²) in [6.07, 6.45) is 6.91. The quantitative estimate of drug-likeness (QED) is 0.587. The van der Waals surface area contributed by atoms with E-state index in [2.05, 4.69) is 28.1 Å². The first kappa shape index (κ1) is 20.0. The van der Waals surface area contributed by atoms with Crippen LogP contribution in [0.1, 0.15) is 30.4 Å². The molecule has 2 aliphatic rings. The molecule has 0 amide bonds. The number of piperidine rings is 1. The van der Waals surface area contributed by atoms with Crippen molar-refractivity contribution < 1.29 is 4.74 Å². The third-order valence-electron chi connectivity index (χ3n) is 6.37. The minimum Gasteiger partial charge on any atom is -0.494 e. The van der Waals surface area contributed by atoms with E-state index in [-0.39, 0.29) is 11.4 Å². The van der Waals surface area contributed by atoms with Crippen LogP contribution in [0.5, 0.6) is 5.75 Å². The summed E-state index contributed by atoms with van der Waals surface area (Å²) in [5.41, 5.74) is 8.93. The molecule has 0 unspecified atom stereocenters. The number of nitrogens with zero attached hydrogens (tertiary/aromatic N) is 4. The van der Waals surface area contributed by atoms with Crippen molar-refractivity contribution in [1.82, 2.24) is 9.88 Å². The largest absolute Gasteiger partial charge is 0.494 e. The van der Waals surface area contributed by atoms with Crippen molar-refractivity contribution in [3.63, 3.8) is 0 Å². The molecule has 7 nitrogen and oxygen atoms in total. The number of hydrogen-bond acceptors (Lipinski definition) is 5. The molecule has 3 heterocycles. The monoisotopic (exact) mass is 404 g/mol. The third kappa shape index (κ3) is 4.33. The molecule has 0 bridgehead atoms. The molecule has 0 spiro atoms. The maximum Gasteiger partial charge on any atom is 0.188 e. The highest BCUT2D eigenvalue weighted by atomic mass is 16.5. The van der Waals surface area contributed by atoms with E-state index in [1.54, 1.807) is 0 Å². The van der Waals surface area contributed by atoms with Crippen LogP contribution in [0.15, 0.2) is 42.7 Å². The van der Waals surface area contributed by atoms with Crippen molar-refractivity contribution in [2.45, 2.75) is 32.2 Å². The Labute approximate surface area is 177 Å².